The van der Waals surface area contributed by atoms with Crippen molar-refractivity contribution in [1.82, 2.24) is 15.1 Å². The first kappa shape index (κ1) is 21.2. The van der Waals surface area contributed by atoms with E-state index in [1.165, 1.54) is 11.3 Å². The Bertz CT molecular complexity index is 970. The number of nitrogens with one attached hydrogen (secondary N) is 3. The number of thiophene rings is 1. The van der Waals surface area contributed by atoms with Crippen LogP contribution in [0.2, 0.25) is 5.02 Å². The topological polar surface area (TPSA) is 79.8 Å². The van der Waals surface area contributed by atoms with Gasteiger partial charge in [0.05, 0.1) is 21.3 Å². The molecule has 0 bridgehead atoms. The molecule has 3 aromatic rings. The van der Waals surface area contributed by atoms with Crippen molar-refractivity contribution in [2.75, 3.05) is 36.8 Å². The van der Waals surface area contributed by atoms with Crippen LogP contribution in [0, 0.1) is 11.3 Å². The Kier molecular flexibility index (Phi) is 7.53. The lowest BCUT2D eigenvalue weighted by Crippen LogP contribution is -2.25. The van der Waals surface area contributed by atoms with E-state index in [4.69, 9.17) is 16.9 Å². The fourth-order valence-electron chi connectivity index (χ4n) is 2.99. The summed E-state index contributed by atoms with van der Waals surface area (Å²) in [4.78, 5) is 4.06. The molecule has 6 nitrogen and oxygen atoms in total. The summed E-state index contributed by atoms with van der Waals surface area (Å²) in [6.45, 7) is 8.55. The van der Waals surface area contributed by atoms with Crippen LogP contribution >= 0.6 is 22.9 Å². The van der Waals surface area contributed by atoms with E-state index in [0.717, 1.165) is 54.5 Å². The van der Waals surface area contributed by atoms with Crippen LogP contribution in [0.3, 0.4) is 0 Å². The van der Waals surface area contributed by atoms with Crippen LogP contribution in [0.5, 0.6) is 0 Å². The molecule has 0 saturated carbocycles. The molecule has 0 saturated heterocycles. The molecule has 0 atom stereocenters. The number of H-pyrrole nitrogens is 1. The third kappa shape index (κ3) is 5.73. The summed E-state index contributed by atoms with van der Waals surface area (Å²) >= 11 is 7.88. The molecule has 29 heavy (non-hydrogen) atoms. The number of hydrogen-bond donors (Lipinski definition) is 3. The van der Waals surface area contributed by atoms with Crippen molar-refractivity contribution in [2.45, 2.75) is 20.3 Å². The molecular weight excluding hydrogens is 404 g/mol. The third-order valence-electron chi connectivity index (χ3n) is 4.67. The first-order valence-electron chi connectivity index (χ1n) is 9.71. The second-order valence-corrected chi connectivity index (χ2v) is 8.06. The lowest BCUT2D eigenvalue weighted by molar-refractivity contribution is 0.303. The van der Waals surface area contributed by atoms with Crippen LogP contribution in [0.25, 0.3) is 10.6 Å². The number of halogens is 1. The smallest absolute Gasteiger partial charge is 0.152 e. The molecule has 3 N–H and O–H groups in total. The Morgan fingerprint density at radius 3 is 2.72 bits per heavy atom. The molecule has 0 aliphatic rings. The van der Waals surface area contributed by atoms with Crippen molar-refractivity contribution < 1.29 is 0 Å². The first-order valence-corrected chi connectivity index (χ1v) is 10.9. The van der Waals surface area contributed by atoms with Gasteiger partial charge in [-0.2, -0.15) is 10.4 Å². The Labute approximate surface area is 180 Å². The Hall–Kier alpha value is -2.53. The van der Waals surface area contributed by atoms with Gasteiger partial charge in [0.1, 0.15) is 10.9 Å². The lowest BCUT2D eigenvalue weighted by atomic mass is 10.2. The number of nitriles is 1. The van der Waals surface area contributed by atoms with Gasteiger partial charge < -0.3 is 15.5 Å². The van der Waals surface area contributed by atoms with Gasteiger partial charge in [-0.15, -0.1) is 11.3 Å². The minimum absolute atomic E-state index is 0.631. The van der Waals surface area contributed by atoms with Crippen molar-refractivity contribution in [3.05, 3.63) is 46.3 Å². The van der Waals surface area contributed by atoms with E-state index in [2.05, 4.69) is 45.6 Å². The average molecular weight is 429 g/mol. The van der Waals surface area contributed by atoms with Crippen molar-refractivity contribution in [3.8, 4) is 16.6 Å². The summed E-state index contributed by atoms with van der Waals surface area (Å²) in [5.74, 6) is 0.675. The molecule has 0 amide bonds. The predicted octanol–water partition coefficient (Wildman–Crippen LogP) is 5.55. The SMILES string of the molecule is CCN(CC)CCCNc1ccc(Nc2cc(-c3ccc(C#N)s3)[nH]n2)c(Cl)c1. The zero-order valence-electron chi connectivity index (χ0n) is 16.6. The molecule has 2 aromatic heterocycles. The normalized spacial score (nSPS) is 10.9. The first-order chi connectivity index (χ1) is 14.1. The Morgan fingerprint density at radius 1 is 1.21 bits per heavy atom. The van der Waals surface area contributed by atoms with Gasteiger partial charge in [0, 0.05) is 18.3 Å². The maximum absolute atomic E-state index is 8.97. The zero-order valence-corrected chi connectivity index (χ0v) is 18.2. The number of benzene rings is 1. The van der Waals surface area contributed by atoms with Crippen LogP contribution in [-0.4, -0.2) is 41.3 Å². The minimum atomic E-state index is 0.631. The molecule has 0 unspecified atom stereocenters. The molecule has 3 rings (SSSR count). The fourth-order valence-corrected chi connectivity index (χ4v) is 3.99. The van der Waals surface area contributed by atoms with Crippen molar-refractivity contribution in [1.29, 1.82) is 5.26 Å². The Morgan fingerprint density at radius 2 is 2.03 bits per heavy atom. The Balaban J connectivity index is 1.56. The van der Waals surface area contributed by atoms with Gasteiger partial charge in [0.2, 0.25) is 0 Å². The predicted molar refractivity (Wildman–Crippen MR) is 122 cm³/mol. The summed E-state index contributed by atoms with van der Waals surface area (Å²) in [7, 11) is 0. The van der Waals surface area contributed by atoms with Crippen molar-refractivity contribution >= 4 is 40.1 Å². The number of hydrogen-bond acceptors (Lipinski definition) is 6. The van der Waals surface area contributed by atoms with E-state index < -0.39 is 0 Å². The van der Waals surface area contributed by atoms with E-state index in [1.807, 2.05) is 30.3 Å². The van der Waals surface area contributed by atoms with Crippen LogP contribution in [-0.2, 0) is 0 Å². The summed E-state index contributed by atoms with van der Waals surface area (Å²) in [6, 6.07) is 13.7. The molecule has 8 heteroatoms. The van der Waals surface area contributed by atoms with E-state index in [9.17, 15) is 0 Å². The number of anilines is 3. The van der Waals surface area contributed by atoms with Crippen molar-refractivity contribution in [2.24, 2.45) is 0 Å². The molecule has 2 heterocycles. The lowest BCUT2D eigenvalue weighted by Gasteiger charge is -2.18. The van der Waals surface area contributed by atoms with Gasteiger partial charge in [-0.05, 0) is 56.4 Å². The number of rotatable bonds is 10. The van der Waals surface area contributed by atoms with Gasteiger partial charge >= 0.3 is 0 Å². The molecule has 0 aliphatic heterocycles. The van der Waals surface area contributed by atoms with Crippen LogP contribution in [0.1, 0.15) is 25.1 Å². The molecule has 0 spiro atoms. The van der Waals surface area contributed by atoms with Gasteiger partial charge in [0.15, 0.2) is 5.82 Å². The van der Waals surface area contributed by atoms with Crippen molar-refractivity contribution in [3.63, 3.8) is 0 Å². The second kappa shape index (κ2) is 10.3. The maximum atomic E-state index is 8.97. The van der Waals surface area contributed by atoms with E-state index >= 15 is 0 Å². The van der Waals surface area contributed by atoms with E-state index in [-0.39, 0.29) is 0 Å². The van der Waals surface area contributed by atoms with Gasteiger partial charge in [-0.1, -0.05) is 25.4 Å². The molecule has 0 aliphatic carbocycles. The number of nitrogens with zero attached hydrogens (tertiary/aromatic N) is 3. The summed E-state index contributed by atoms with van der Waals surface area (Å²) in [5, 5.41) is 23.5. The minimum Gasteiger partial charge on any atom is -0.385 e. The van der Waals surface area contributed by atoms with E-state index in [1.54, 1.807) is 6.07 Å². The van der Waals surface area contributed by atoms with Gasteiger partial charge in [0.25, 0.3) is 0 Å². The highest BCUT2D eigenvalue weighted by molar-refractivity contribution is 7.15. The van der Waals surface area contributed by atoms with Gasteiger partial charge in [-0.25, -0.2) is 0 Å². The molecular formula is C21H25ClN6S. The molecule has 152 valence electrons. The van der Waals surface area contributed by atoms with Crippen LogP contribution < -0.4 is 10.6 Å². The second-order valence-electron chi connectivity index (χ2n) is 6.57. The molecule has 1 aromatic carbocycles. The quantitative estimate of drug-likeness (QED) is 0.369. The van der Waals surface area contributed by atoms with Gasteiger partial charge in [-0.3, -0.25) is 5.10 Å². The molecule has 0 fully saturated rings. The van der Waals surface area contributed by atoms with Crippen LogP contribution in [0.15, 0.2) is 36.4 Å². The summed E-state index contributed by atoms with van der Waals surface area (Å²) in [5.41, 5.74) is 2.66. The highest BCUT2D eigenvalue weighted by Crippen LogP contribution is 2.31. The molecule has 0 radical (unpaired) electrons. The largest absolute Gasteiger partial charge is 0.385 e. The maximum Gasteiger partial charge on any atom is 0.152 e. The van der Waals surface area contributed by atoms with E-state index in [0.29, 0.717) is 15.7 Å². The highest BCUT2D eigenvalue weighted by Gasteiger charge is 2.09. The number of aromatic nitrogens is 2. The fraction of sp³-hybridized carbons (Fsp3) is 0.333. The number of aromatic amines is 1. The standard InChI is InChI=1S/C21H25ClN6S/c1-3-28(4-2)11-5-10-24-15-6-8-18(17(22)12-15)25-21-13-19(26-27-21)20-9-7-16(14-23)29-20/h6-9,12-13,24H,3-5,10-11H2,1-2H3,(H2,25,26,27). The monoisotopic (exact) mass is 428 g/mol. The summed E-state index contributed by atoms with van der Waals surface area (Å²) < 4.78 is 0. The van der Waals surface area contributed by atoms with Crippen LogP contribution in [0.4, 0.5) is 17.2 Å². The third-order valence-corrected chi connectivity index (χ3v) is 6.00. The highest BCUT2D eigenvalue weighted by atomic mass is 35.5. The zero-order chi connectivity index (χ0) is 20.6. The summed E-state index contributed by atoms with van der Waals surface area (Å²) in [6.07, 6.45) is 1.09. The average Bonchev–Trinajstić information content (AvgIpc) is 3.39.